The molecule has 0 aromatic heterocycles. The van der Waals surface area contributed by atoms with Gasteiger partial charge in [-0.15, -0.1) is 0 Å². The first-order valence-electron chi connectivity index (χ1n) is 36.0. The molecule has 0 unspecified atom stereocenters. The molecule has 4 saturated carbocycles. The molecule has 0 saturated heterocycles. The van der Waals surface area contributed by atoms with Crippen molar-refractivity contribution in [2.45, 2.75) is 168 Å². The van der Waals surface area contributed by atoms with Crippen LogP contribution in [-0.2, 0) is 163 Å². The molecule has 0 aromatic carbocycles. The van der Waals surface area contributed by atoms with Crippen LogP contribution in [0.15, 0.2) is 24.7 Å². The second kappa shape index (κ2) is 141. The zero-order valence-electron chi connectivity index (χ0n) is 72.6. The molecule has 4 aliphatic carbocycles. The van der Waals surface area contributed by atoms with Gasteiger partial charge in [0.25, 0.3) is 0 Å². The summed E-state index contributed by atoms with van der Waals surface area (Å²) >= 11 is -0.944. The summed E-state index contributed by atoms with van der Waals surface area (Å²) in [5.74, 6) is -10.1. The Kier molecular flexibility index (Phi) is 190. The average Bonchev–Trinajstić information content (AvgIpc) is 0.960. The molecular formula is C70H140Cl4N12O36Pt5. The molecule has 0 aromatic rings. The number of nitrogens with one attached hydrogen (secondary N) is 10. The van der Waals surface area contributed by atoms with E-state index in [0.29, 0.717) is 89.4 Å². The molecule has 4 aliphatic rings. The molecule has 0 heterocycles. The van der Waals surface area contributed by atoms with Crippen molar-refractivity contribution in [2.75, 3.05) is 121 Å². The van der Waals surface area contributed by atoms with Crippen molar-refractivity contribution < 1.29 is 273 Å². The van der Waals surface area contributed by atoms with Crippen LogP contribution >= 0.6 is 37.7 Å². The number of ether oxygens (including phenoxy) is 6. The molecule has 6 amide bonds. The topological polar surface area (TPSA) is 852 Å². The minimum atomic E-state index is -1.82. The first-order chi connectivity index (χ1) is 56.7. The van der Waals surface area contributed by atoms with Crippen molar-refractivity contribution in [2.24, 2.45) is 23.7 Å². The van der Waals surface area contributed by atoms with E-state index < -0.39 is 129 Å². The van der Waals surface area contributed by atoms with Gasteiger partial charge in [-0.1, -0.05) is 103 Å². The average molecular weight is 2840 g/mol. The Morgan fingerprint density at radius 2 is 0.449 bits per heavy atom. The van der Waals surface area contributed by atoms with Crippen molar-refractivity contribution in [1.82, 2.24) is 31.9 Å². The normalized spacial score (nSPS) is 15.6. The van der Waals surface area contributed by atoms with Crippen molar-refractivity contribution in [3.8, 4) is 0 Å². The standard InChI is InChI=1S/4C7H13N.2C5H10O4.6C3H7NO2.2C3H6O3.2C3H4O3.C2H2O4.4ClH.2H2N.5Pt/c4*1-6-4-2-3-5-7(6)8;2*1-8-2-3-9-4-5(6)7;6*1-2-4-3(5)6;2*1-6-2-3(4)5;2*1-2(4)3(5)6;3-1(4)2(5)6;;;;;;;;;;;/h4*6-8H,1-5H2;2*2-4H2,1H3,(H,6,7);6*4H,2H2,1H3,(H,5,6);2*2H2,1H3,(H,4,5);2*4H,1H2,(H,5,6);(H,3,4)(H,5,6);4*1H;2*1H2;;;;;/q4*-2;;;;;;;;;;;;;;;;;;2*-1;3*+2;2*+4/p-4/t4*6-,7-;;;;;;;;;;;;;;;;;;;;;;;;/m1111......................../s1. The summed E-state index contributed by atoms with van der Waals surface area (Å²) in [6, 6.07) is 0.569. The Morgan fingerprint density at radius 3 is 0.504 bits per heavy atom. The van der Waals surface area contributed by atoms with Crippen molar-refractivity contribution >= 4 is 122 Å². The number of methoxy groups -OCH3 is 4. The molecule has 8 atom stereocenters. The minimum Gasteiger partial charge on any atom is -0.693 e. The SMILES string of the molecule is C=C(O)C(=O)O.C=C(O)C(=O)O.CCNC(=O)O.CCNC(=O)O.CCNC(=O)O.CCNC(=O)O.CCNC(=O)O.CCNC(=O)O.COCC(=O)O.COCC(=O)O.COCCOCC(=O)O.COCCOCC(=O)O.O=C(O)C(=O)O.[CH2-][C@@H]1CCCC[C@H]1[NH-].[CH2-][C@@H]1CCCC[C@H]1[NH-].[CH2-][C@@H]1CCCC[C@H]1[NH-].[CH2-][C@@H]1CCCC[C@H]1[NH-].[Cl][Pt+2][Cl].[Cl][Pt+2][Cl].[NH2-].[NH2-].[Pt+2].[Pt+2].[Pt+2]. The van der Waals surface area contributed by atoms with Crippen molar-refractivity contribution in [3.63, 3.8) is 0 Å². The van der Waals surface area contributed by atoms with Gasteiger partial charge in [0.1, 0.15) is 26.4 Å². The molecule has 4 rings (SSSR count). The maximum atomic E-state index is 9.80. The third-order valence-corrected chi connectivity index (χ3v) is 12.1. The van der Waals surface area contributed by atoms with Gasteiger partial charge in [0.15, 0.2) is 11.5 Å². The fourth-order valence-corrected chi connectivity index (χ4v) is 6.59. The number of hydrogen-bond donors (Lipinski definition) is 22. The molecule has 0 bridgehead atoms. The first kappa shape index (κ1) is 171. The number of amides is 6. The van der Waals surface area contributed by atoms with E-state index in [9.17, 15) is 57.5 Å². The van der Waals surface area contributed by atoms with Crippen LogP contribution in [0.5, 0.6) is 0 Å². The largest absolute Gasteiger partial charge is 2.00 e. The number of hydrogen-bond acceptors (Lipinski definition) is 22. The fraction of sp³-hybridized carbons (Fsp3) is 0.686. The smallest absolute Gasteiger partial charge is 0.693 e. The van der Waals surface area contributed by atoms with Gasteiger partial charge in [0, 0.05) is 67.7 Å². The molecule has 0 aliphatic heterocycles. The predicted octanol–water partition coefficient (Wildman–Crippen LogP) is 13.9. The molecule has 57 heteroatoms. The second-order valence-corrected chi connectivity index (χ2v) is 28.9. The van der Waals surface area contributed by atoms with E-state index >= 15 is 0 Å². The molecule has 0 radical (unpaired) electrons. The number of halogens is 4. The number of carbonyl (C=O) groups is 14. The quantitative estimate of drug-likeness (QED) is 0.0157. The maximum Gasteiger partial charge on any atom is 2.00 e. The Labute approximate surface area is 821 Å². The summed E-state index contributed by atoms with van der Waals surface area (Å²) in [6.07, 6.45) is 13.4. The number of rotatable bonds is 22. The summed E-state index contributed by atoms with van der Waals surface area (Å²) < 4.78 is 26.8. The van der Waals surface area contributed by atoms with E-state index in [0.717, 1.165) is 25.7 Å². The number of nitrogens with two attached hydrogens (primary N) is 2. The van der Waals surface area contributed by atoms with E-state index in [-0.39, 0.29) is 126 Å². The summed E-state index contributed by atoms with van der Waals surface area (Å²) in [5.41, 5.74) is 29.7. The Hall–Kier alpha value is -5.42. The van der Waals surface area contributed by atoms with Gasteiger partial charge in [0.05, 0.1) is 26.4 Å². The summed E-state index contributed by atoms with van der Waals surface area (Å²) in [5, 5.41) is 137. The van der Waals surface area contributed by atoms with Gasteiger partial charge in [-0.25, -0.2) is 67.1 Å². The summed E-state index contributed by atoms with van der Waals surface area (Å²) in [4.78, 5) is 132. The zero-order valence-corrected chi connectivity index (χ0v) is 87.0. The van der Waals surface area contributed by atoms with Gasteiger partial charge in [-0.3, -0.25) is 0 Å². The second-order valence-electron chi connectivity index (χ2n) is 22.4. The number of carboxylic acids is 8. The van der Waals surface area contributed by atoms with Crippen LogP contribution in [0.3, 0.4) is 0 Å². The van der Waals surface area contributed by atoms with E-state index in [4.69, 9.17) is 152 Å². The van der Waals surface area contributed by atoms with Crippen LogP contribution in [0, 0.1) is 51.4 Å². The molecule has 127 heavy (non-hydrogen) atoms. The van der Waals surface area contributed by atoms with Crippen LogP contribution < -0.4 is 31.9 Å². The number of aliphatic carboxylic acids is 8. The van der Waals surface area contributed by atoms with Crippen LogP contribution in [0.4, 0.5) is 28.8 Å². The van der Waals surface area contributed by atoms with Gasteiger partial charge in [-0.05, 0) is 54.7 Å². The van der Waals surface area contributed by atoms with Gasteiger partial charge in [0.2, 0.25) is 0 Å². The Bertz CT molecular complexity index is 2130. The maximum absolute atomic E-state index is 9.80. The molecule has 0 spiro atoms. The summed E-state index contributed by atoms with van der Waals surface area (Å²) in [7, 11) is 25.2. The number of carboxylic acid groups (broad SMARTS) is 14. The molecular weight excluding hydrogens is 2700 g/mol. The van der Waals surface area contributed by atoms with E-state index in [1.807, 2.05) is 0 Å². The molecule has 4 fully saturated rings. The monoisotopic (exact) mass is 2840 g/mol. The Balaban J connectivity index is -0.0000000530. The predicted molar refractivity (Wildman–Crippen MR) is 460 cm³/mol. The van der Waals surface area contributed by atoms with E-state index in [1.54, 1.807) is 41.5 Å². The zero-order chi connectivity index (χ0) is 99.0. The molecule has 30 N–H and O–H groups in total. The Morgan fingerprint density at radius 1 is 0.307 bits per heavy atom. The van der Waals surface area contributed by atoms with E-state index in [2.05, 4.69) is 101 Å². The van der Waals surface area contributed by atoms with Gasteiger partial charge >= 0.3 is 218 Å². The third kappa shape index (κ3) is 226. The fourth-order valence-electron chi connectivity index (χ4n) is 6.59. The third-order valence-electron chi connectivity index (χ3n) is 12.1. The van der Waals surface area contributed by atoms with Gasteiger partial charge in [-0.2, -0.15) is 47.8 Å². The van der Waals surface area contributed by atoms with Crippen molar-refractivity contribution in [3.05, 3.63) is 87.6 Å². The molecule has 48 nitrogen and oxygen atoms in total. The molecule has 774 valence electrons. The van der Waals surface area contributed by atoms with Crippen molar-refractivity contribution in [1.29, 1.82) is 0 Å². The first-order valence-corrected chi connectivity index (χ1v) is 47.2. The van der Waals surface area contributed by atoms with E-state index in [1.165, 1.54) is 105 Å². The van der Waals surface area contributed by atoms with Gasteiger partial charge < -0.3 is 205 Å². The summed E-state index contributed by atoms with van der Waals surface area (Å²) in [6.45, 7) is 34.9. The van der Waals surface area contributed by atoms with Crippen LogP contribution in [0.25, 0.3) is 35.2 Å². The number of aliphatic hydroxyl groups excluding tert-OH is 2. The van der Waals surface area contributed by atoms with Crippen LogP contribution in [0.1, 0.15) is 144 Å². The van der Waals surface area contributed by atoms with Crippen LogP contribution in [-0.4, -0.2) is 311 Å². The van der Waals surface area contributed by atoms with Crippen LogP contribution in [0.2, 0.25) is 0 Å². The minimum absolute atomic E-state index is 0. The number of aliphatic hydroxyl groups is 2.